The summed E-state index contributed by atoms with van der Waals surface area (Å²) in [5.74, 6) is 0.241. The van der Waals surface area contributed by atoms with Crippen molar-refractivity contribution in [3.63, 3.8) is 0 Å². The summed E-state index contributed by atoms with van der Waals surface area (Å²) in [4.78, 5) is 11.7. The summed E-state index contributed by atoms with van der Waals surface area (Å²) >= 11 is 0. The summed E-state index contributed by atoms with van der Waals surface area (Å²) in [5, 5.41) is 6.46. The first-order valence-electron chi connectivity index (χ1n) is 5.62. The van der Waals surface area contributed by atoms with Gasteiger partial charge in [0.1, 0.15) is 0 Å². The SMILES string of the molecule is CC1NCCC1NC(=O)CC1(C)CC1. The van der Waals surface area contributed by atoms with Gasteiger partial charge in [0.15, 0.2) is 0 Å². The van der Waals surface area contributed by atoms with Crippen molar-refractivity contribution in [3.05, 3.63) is 0 Å². The number of rotatable bonds is 3. The summed E-state index contributed by atoms with van der Waals surface area (Å²) in [7, 11) is 0. The molecule has 0 aromatic heterocycles. The lowest BCUT2D eigenvalue weighted by atomic mass is 10.0. The molecule has 1 aliphatic heterocycles. The van der Waals surface area contributed by atoms with Crippen LogP contribution in [0.4, 0.5) is 0 Å². The van der Waals surface area contributed by atoms with Gasteiger partial charge in [-0.15, -0.1) is 0 Å². The predicted octanol–water partition coefficient (Wildman–Crippen LogP) is 1.04. The van der Waals surface area contributed by atoms with Gasteiger partial charge in [0.25, 0.3) is 0 Å². The van der Waals surface area contributed by atoms with Crippen LogP contribution in [0.2, 0.25) is 0 Å². The van der Waals surface area contributed by atoms with E-state index in [1.807, 2.05) is 0 Å². The number of hydrogen-bond donors (Lipinski definition) is 2. The molecule has 3 nitrogen and oxygen atoms in total. The molecule has 1 saturated heterocycles. The highest BCUT2D eigenvalue weighted by Crippen LogP contribution is 2.47. The minimum atomic E-state index is 0.241. The number of amides is 1. The summed E-state index contributed by atoms with van der Waals surface area (Å²) in [6.07, 6.45) is 4.23. The highest BCUT2D eigenvalue weighted by Gasteiger charge is 2.39. The minimum absolute atomic E-state index is 0.241. The minimum Gasteiger partial charge on any atom is -0.352 e. The molecule has 2 unspecified atom stereocenters. The van der Waals surface area contributed by atoms with Crippen molar-refractivity contribution in [2.24, 2.45) is 5.41 Å². The lowest BCUT2D eigenvalue weighted by molar-refractivity contribution is -0.122. The standard InChI is InChI=1S/C11H20N2O/c1-8-9(3-6-12-8)13-10(14)7-11(2)4-5-11/h8-9,12H,3-7H2,1-2H3,(H,13,14). The molecule has 0 radical (unpaired) electrons. The molecule has 0 bridgehead atoms. The molecule has 2 atom stereocenters. The van der Waals surface area contributed by atoms with Crippen LogP contribution < -0.4 is 10.6 Å². The highest BCUT2D eigenvalue weighted by molar-refractivity contribution is 5.77. The largest absolute Gasteiger partial charge is 0.352 e. The lowest BCUT2D eigenvalue weighted by Gasteiger charge is -2.18. The Hall–Kier alpha value is -0.570. The smallest absolute Gasteiger partial charge is 0.220 e. The van der Waals surface area contributed by atoms with Crippen LogP contribution in [0, 0.1) is 5.41 Å². The van der Waals surface area contributed by atoms with Crippen LogP contribution in [0.1, 0.15) is 39.5 Å². The van der Waals surface area contributed by atoms with Gasteiger partial charge in [-0.25, -0.2) is 0 Å². The van der Waals surface area contributed by atoms with Gasteiger partial charge in [-0.1, -0.05) is 6.92 Å². The second-order valence-corrected chi connectivity index (χ2v) is 5.19. The molecule has 14 heavy (non-hydrogen) atoms. The monoisotopic (exact) mass is 196 g/mol. The van der Waals surface area contributed by atoms with E-state index in [4.69, 9.17) is 0 Å². The molecular formula is C11H20N2O. The average molecular weight is 196 g/mol. The van der Waals surface area contributed by atoms with Gasteiger partial charge in [-0.3, -0.25) is 4.79 Å². The zero-order chi connectivity index (χ0) is 10.2. The number of carbonyl (C=O) groups excluding carboxylic acids is 1. The lowest BCUT2D eigenvalue weighted by Crippen LogP contribution is -2.42. The second kappa shape index (κ2) is 3.54. The fourth-order valence-electron chi connectivity index (χ4n) is 2.09. The van der Waals surface area contributed by atoms with Gasteiger partial charge in [0.05, 0.1) is 0 Å². The van der Waals surface area contributed by atoms with Crippen molar-refractivity contribution in [1.82, 2.24) is 10.6 Å². The van der Waals surface area contributed by atoms with Crippen molar-refractivity contribution < 1.29 is 4.79 Å². The first kappa shape index (κ1) is 9.97. The maximum atomic E-state index is 11.7. The molecule has 80 valence electrons. The quantitative estimate of drug-likeness (QED) is 0.708. The van der Waals surface area contributed by atoms with E-state index in [1.165, 1.54) is 12.8 Å². The van der Waals surface area contributed by atoms with Gasteiger partial charge in [-0.05, 0) is 38.1 Å². The van der Waals surface area contributed by atoms with Crippen LogP contribution >= 0.6 is 0 Å². The Bertz CT molecular complexity index is 235. The summed E-state index contributed by atoms with van der Waals surface area (Å²) in [6, 6.07) is 0.788. The van der Waals surface area contributed by atoms with Crippen LogP contribution in [0.5, 0.6) is 0 Å². The molecular weight excluding hydrogens is 176 g/mol. The molecule has 1 amide bonds. The summed E-state index contributed by atoms with van der Waals surface area (Å²) in [5.41, 5.74) is 0.333. The Kier molecular flexibility index (Phi) is 2.52. The van der Waals surface area contributed by atoms with Gasteiger partial charge in [-0.2, -0.15) is 0 Å². The number of nitrogens with one attached hydrogen (secondary N) is 2. The molecule has 1 saturated carbocycles. The Morgan fingerprint density at radius 3 is 2.79 bits per heavy atom. The van der Waals surface area contributed by atoms with Gasteiger partial charge in [0, 0.05) is 18.5 Å². The Balaban J connectivity index is 1.76. The molecule has 2 N–H and O–H groups in total. The molecule has 0 aromatic carbocycles. The van der Waals surface area contributed by atoms with E-state index in [1.54, 1.807) is 0 Å². The van der Waals surface area contributed by atoms with Crippen molar-refractivity contribution in [2.75, 3.05) is 6.54 Å². The van der Waals surface area contributed by atoms with E-state index in [9.17, 15) is 4.79 Å². The topological polar surface area (TPSA) is 41.1 Å². The third kappa shape index (κ3) is 2.27. The average Bonchev–Trinajstić information content (AvgIpc) is 2.67. The Morgan fingerprint density at radius 2 is 2.29 bits per heavy atom. The second-order valence-electron chi connectivity index (χ2n) is 5.19. The fraction of sp³-hybridized carbons (Fsp3) is 0.909. The van der Waals surface area contributed by atoms with Crippen molar-refractivity contribution in [2.45, 2.75) is 51.6 Å². The molecule has 1 aliphatic carbocycles. The maximum Gasteiger partial charge on any atom is 0.220 e. The highest BCUT2D eigenvalue weighted by atomic mass is 16.1. The van der Waals surface area contributed by atoms with E-state index in [0.717, 1.165) is 19.4 Å². The predicted molar refractivity (Wildman–Crippen MR) is 56.0 cm³/mol. The van der Waals surface area contributed by atoms with Gasteiger partial charge in [0.2, 0.25) is 5.91 Å². The normalized spacial score (nSPS) is 34.1. The molecule has 0 spiro atoms. The van der Waals surface area contributed by atoms with Crippen molar-refractivity contribution >= 4 is 5.91 Å². The maximum absolute atomic E-state index is 11.7. The number of hydrogen-bond acceptors (Lipinski definition) is 2. The van der Waals surface area contributed by atoms with E-state index in [2.05, 4.69) is 24.5 Å². The summed E-state index contributed by atoms with van der Waals surface area (Å²) in [6.45, 7) is 5.36. The molecule has 2 aliphatic rings. The third-order valence-electron chi connectivity index (χ3n) is 3.56. The molecule has 1 heterocycles. The van der Waals surface area contributed by atoms with Crippen LogP contribution in [0.3, 0.4) is 0 Å². The van der Waals surface area contributed by atoms with Crippen LogP contribution in [-0.4, -0.2) is 24.5 Å². The zero-order valence-corrected chi connectivity index (χ0v) is 9.10. The Morgan fingerprint density at radius 1 is 1.57 bits per heavy atom. The Labute approximate surface area is 85.6 Å². The molecule has 0 aromatic rings. The van der Waals surface area contributed by atoms with Crippen LogP contribution in [0.15, 0.2) is 0 Å². The fourth-order valence-corrected chi connectivity index (χ4v) is 2.09. The van der Waals surface area contributed by atoms with Crippen molar-refractivity contribution in [3.8, 4) is 0 Å². The molecule has 2 fully saturated rings. The van der Waals surface area contributed by atoms with E-state index in [0.29, 0.717) is 17.5 Å². The van der Waals surface area contributed by atoms with E-state index < -0.39 is 0 Å². The number of carbonyl (C=O) groups is 1. The third-order valence-corrected chi connectivity index (χ3v) is 3.56. The molecule has 3 heteroatoms. The van der Waals surface area contributed by atoms with Crippen LogP contribution in [-0.2, 0) is 4.79 Å². The molecule has 2 rings (SSSR count). The first-order chi connectivity index (χ1) is 6.59. The zero-order valence-electron chi connectivity index (χ0n) is 9.10. The van der Waals surface area contributed by atoms with Gasteiger partial charge < -0.3 is 10.6 Å². The van der Waals surface area contributed by atoms with E-state index in [-0.39, 0.29) is 5.91 Å². The summed E-state index contributed by atoms with van der Waals surface area (Å²) < 4.78 is 0. The van der Waals surface area contributed by atoms with Crippen molar-refractivity contribution in [1.29, 1.82) is 0 Å². The first-order valence-corrected chi connectivity index (χ1v) is 5.62. The van der Waals surface area contributed by atoms with E-state index >= 15 is 0 Å². The van der Waals surface area contributed by atoms with Gasteiger partial charge >= 0.3 is 0 Å². The van der Waals surface area contributed by atoms with Crippen LogP contribution in [0.25, 0.3) is 0 Å².